The van der Waals surface area contributed by atoms with Crippen LogP contribution in [-0.2, 0) is 6.54 Å². The summed E-state index contributed by atoms with van der Waals surface area (Å²) < 4.78 is 29.5. The van der Waals surface area contributed by atoms with Crippen LogP contribution in [0.4, 0.5) is 8.78 Å². The van der Waals surface area contributed by atoms with Gasteiger partial charge in [0.2, 0.25) is 0 Å². The van der Waals surface area contributed by atoms with E-state index in [-0.39, 0.29) is 12.3 Å². The second-order valence-corrected chi connectivity index (χ2v) is 6.32. The van der Waals surface area contributed by atoms with Crippen molar-refractivity contribution in [3.8, 4) is 5.75 Å². The molecule has 1 aromatic carbocycles. The van der Waals surface area contributed by atoms with Crippen LogP contribution in [-0.4, -0.2) is 50.7 Å². The van der Waals surface area contributed by atoms with Gasteiger partial charge in [0.05, 0.1) is 0 Å². The van der Waals surface area contributed by atoms with Crippen molar-refractivity contribution in [3.05, 3.63) is 28.8 Å². The molecule has 1 aromatic rings. The van der Waals surface area contributed by atoms with Crippen molar-refractivity contribution in [3.63, 3.8) is 0 Å². The summed E-state index contributed by atoms with van der Waals surface area (Å²) in [6.07, 6.45) is 3.83. The number of hydrogen-bond donors (Lipinski definition) is 2. The Morgan fingerprint density at radius 3 is 2.72 bits per heavy atom. The van der Waals surface area contributed by atoms with E-state index >= 15 is 0 Å². The largest absolute Gasteiger partial charge is 0.434 e. The number of nitrogens with one attached hydrogen (secondary N) is 2. The number of rotatable bonds is 7. The van der Waals surface area contributed by atoms with Crippen molar-refractivity contribution >= 4 is 17.6 Å². The molecule has 1 heterocycles. The highest BCUT2D eigenvalue weighted by Crippen LogP contribution is 2.24. The van der Waals surface area contributed by atoms with Crippen molar-refractivity contribution in [2.45, 2.75) is 32.4 Å². The highest BCUT2D eigenvalue weighted by atomic mass is 35.5. The molecule has 0 amide bonds. The molecule has 140 valence electrons. The summed E-state index contributed by atoms with van der Waals surface area (Å²) in [5.74, 6) is 0.718. The predicted octanol–water partition coefficient (Wildman–Crippen LogP) is 3.09. The fourth-order valence-electron chi connectivity index (χ4n) is 2.81. The third-order valence-corrected chi connectivity index (χ3v) is 4.31. The number of halogens is 3. The van der Waals surface area contributed by atoms with E-state index in [0.717, 1.165) is 26.2 Å². The summed E-state index contributed by atoms with van der Waals surface area (Å²) >= 11 is 5.95. The van der Waals surface area contributed by atoms with Crippen LogP contribution in [0.2, 0.25) is 5.02 Å². The number of aliphatic imine (C=N–C) groups is 1. The quantitative estimate of drug-likeness (QED) is 0.569. The number of hydrogen-bond acceptors (Lipinski definition) is 3. The van der Waals surface area contributed by atoms with Gasteiger partial charge in [-0.15, -0.1) is 0 Å². The third-order valence-electron chi connectivity index (χ3n) is 4.08. The second kappa shape index (κ2) is 10.4. The number of guanidine groups is 1. The van der Waals surface area contributed by atoms with Crippen LogP contribution in [0.15, 0.2) is 23.2 Å². The fraction of sp³-hybridized carbons (Fsp3) is 0.588. The lowest BCUT2D eigenvalue weighted by molar-refractivity contribution is -0.0504. The maximum Gasteiger partial charge on any atom is 0.387 e. The fourth-order valence-corrected chi connectivity index (χ4v) is 3.01. The average molecular weight is 375 g/mol. The van der Waals surface area contributed by atoms with E-state index < -0.39 is 6.61 Å². The molecule has 2 rings (SSSR count). The summed E-state index contributed by atoms with van der Waals surface area (Å²) in [4.78, 5) is 6.58. The predicted molar refractivity (Wildman–Crippen MR) is 96.6 cm³/mol. The maximum atomic E-state index is 12.5. The molecule has 2 N–H and O–H groups in total. The van der Waals surface area contributed by atoms with E-state index in [1.165, 1.54) is 31.4 Å². The van der Waals surface area contributed by atoms with Gasteiger partial charge in [-0.05, 0) is 44.1 Å². The van der Waals surface area contributed by atoms with Crippen molar-refractivity contribution in [2.75, 3.05) is 33.2 Å². The third kappa shape index (κ3) is 7.04. The molecule has 0 bridgehead atoms. The lowest BCUT2D eigenvalue weighted by Gasteiger charge is -2.26. The molecule has 1 fully saturated rings. The monoisotopic (exact) mass is 374 g/mol. The Hall–Kier alpha value is -1.60. The van der Waals surface area contributed by atoms with E-state index in [0.29, 0.717) is 16.5 Å². The molecule has 1 saturated heterocycles. The van der Waals surface area contributed by atoms with Gasteiger partial charge in [0, 0.05) is 37.3 Å². The van der Waals surface area contributed by atoms with Crippen LogP contribution in [0, 0.1) is 0 Å². The van der Waals surface area contributed by atoms with Crippen molar-refractivity contribution < 1.29 is 13.5 Å². The van der Waals surface area contributed by atoms with E-state index in [2.05, 4.69) is 25.3 Å². The first-order valence-corrected chi connectivity index (χ1v) is 8.86. The van der Waals surface area contributed by atoms with Crippen molar-refractivity contribution in [1.29, 1.82) is 0 Å². The molecule has 0 aliphatic carbocycles. The number of likely N-dealkylation sites (tertiary alicyclic amines) is 1. The van der Waals surface area contributed by atoms with Gasteiger partial charge in [0.25, 0.3) is 0 Å². The van der Waals surface area contributed by atoms with Gasteiger partial charge in [0.15, 0.2) is 5.96 Å². The zero-order valence-corrected chi connectivity index (χ0v) is 15.2. The summed E-state index contributed by atoms with van der Waals surface area (Å²) in [5, 5.41) is 6.80. The normalized spacial score (nSPS) is 16.1. The molecule has 1 aliphatic heterocycles. The minimum Gasteiger partial charge on any atom is -0.434 e. The van der Waals surface area contributed by atoms with Gasteiger partial charge in [-0.25, -0.2) is 0 Å². The van der Waals surface area contributed by atoms with Crippen LogP contribution in [0.5, 0.6) is 5.75 Å². The molecular weight excluding hydrogens is 350 g/mol. The van der Waals surface area contributed by atoms with Gasteiger partial charge >= 0.3 is 6.61 Å². The first kappa shape index (κ1) is 19.7. The molecule has 0 atom stereocenters. The van der Waals surface area contributed by atoms with Crippen molar-refractivity contribution in [1.82, 2.24) is 15.5 Å². The Bertz CT molecular complexity index is 566. The molecule has 0 aromatic heterocycles. The first-order valence-electron chi connectivity index (χ1n) is 8.48. The topological polar surface area (TPSA) is 48.9 Å². The molecule has 5 nitrogen and oxygen atoms in total. The second-order valence-electron chi connectivity index (χ2n) is 5.89. The Labute approximate surface area is 152 Å². The van der Waals surface area contributed by atoms with Crippen LogP contribution in [0.25, 0.3) is 0 Å². The minimum atomic E-state index is -2.87. The van der Waals surface area contributed by atoms with Crippen LogP contribution < -0.4 is 15.4 Å². The number of piperidine rings is 1. The molecular formula is C17H25ClF2N4O. The lowest BCUT2D eigenvalue weighted by atomic mass is 10.1. The van der Waals surface area contributed by atoms with E-state index in [4.69, 9.17) is 11.6 Å². The smallest absolute Gasteiger partial charge is 0.387 e. The van der Waals surface area contributed by atoms with Crippen LogP contribution >= 0.6 is 11.6 Å². The number of benzene rings is 1. The van der Waals surface area contributed by atoms with Gasteiger partial charge < -0.3 is 20.3 Å². The number of nitrogens with zero attached hydrogens (tertiary/aromatic N) is 2. The molecule has 0 unspecified atom stereocenters. The Kier molecular flexibility index (Phi) is 8.21. The molecule has 8 heteroatoms. The van der Waals surface area contributed by atoms with Gasteiger partial charge in [0.1, 0.15) is 5.75 Å². The highest BCUT2D eigenvalue weighted by molar-refractivity contribution is 6.30. The van der Waals surface area contributed by atoms with E-state index in [1.54, 1.807) is 13.1 Å². The van der Waals surface area contributed by atoms with Gasteiger partial charge in [-0.2, -0.15) is 8.78 Å². The molecule has 0 radical (unpaired) electrons. The zero-order valence-electron chi connectivity index (χ0n) is 14.4. The van der Waals surface area contributed by atoms with Gasteiger partial charge in [-0.1, -0.05) is 18.0 Å². The Morgan fingerprint density at radius 2 is 2.04 bits per heavy atom. The number of ether oxygens (including phenoxy) is 1. The highest BCUT2D eigenvalue weighted by Gasteiger charge is 2.12. The molecule has 25 heavy (non-hydrogen) atoms. The lowest BCUT2D eigenvalue weighted by Crippen LogP contribution is -2.42. The summed E-state index contributed by atoms with van der Waals surface area (Å²) in [5.41, 5.74) is 0.548. The van der Waals surface area contributed by atoms with Crippen molar-refractivity contribution in [2.24, 2.45) is 4.99 Å². The minimum absolute atomic E-state index is 0.107. The standard InChI is InChI=1S/C17H25ClF2N4O/c1-21-17(22-7-10-24-8-3-2-4-9-24)23-12-13-11-14(18)5-6-15(13)25-16(19)20/h5-6,11,16H,2-4,7-10,12H2,1H3,(H2,21,22,23). The van der Waals surface area contributed by atoms with Crippen LogP contribution in [0.1, 0.15) is 24.8 Å². The summed E-state index contributed by atoms with van der Waals surface area (Å²) in [7, 11) is 1.67. The Morgan fingerprint density at radius 1 is 1.28 bits per heavy atom. The Balaban J connectivity index is 1.82. The van der Waals surface area contributed by atoms with Gasteiger partial charge in [-0.3, -0.25) is 4.99 Å². The number of alkyl halides is 2. The zero-order chi connectivity index (χ0) is 18.1. The maximum absolute atomic E-state index is 12.5. The molecule has 0 spiro atoms. The summed E-state index contributed by atoms with van der Waals surface area (Å²) in [6.45, 7) is 1.43. The van der Waals surface area contributed by atoms with Crippen LogP contribution in [0.3, 0.4) is 0 Å². The SMILES string of the molecule is CN=C(NCCN1CCCCC1)NCc1cc(Cl)ccc1OC(F)F. The van der Waals surface area contributed by atoms with E-state index in [1.807, 2.05) is 0 Å². The molecule has 1 aliphatic rings. The summed E-state index contributed by atoms with van der Waals surface area (Å²) in [6, 6.07) is 4.57. The van der Waals surface area contributed by atoms with E-state index in [9.17, 15) is 8.78 Å². The molecule has 0 saturated carbocycles. The first-order chi connectivity index (χ1) is 12.1. The average Bonchev–Trinajstić information content (AvgIpc) is 2.60.